The number of thiocarbonyl (C=S) groups is 1. The van der Waals surface area contributed by atoms with Gasteiger partial charge in [0.25, 0.3) is 0 Å². The van der Waals surface area contributed by atoms with Crippen molar-refractivity contribution in [2.45, 2.75) is 45.3 Å². The van der Waals surface area contributed by atoms with Gasteiger partial charge in [-0.1, -0.05) is 0 Å². The molecule has 1 saturated heterocycles. The zero-order valence-electron chi connectivity index (χ0n) is 7.71. The lowest BCUT2D eigenvalue weighted by molar-refractivity contribution is 0.0576. The van der Waals surface area contributed by atoms with Crippen LogP contribution in [0, 0.1) is 0 Å². The fourth-order valence-electron chi connectivity index (χ4n) is 1.44. The van der Waals surface area contributed by atoms with Crippen molar-refractivity contribution in [2.24, 2.45) is 0 Å². The molecule has 0 aromatic carbocycles. The molecular formula is C9H16O2S. The Morgan fingerprint density at radius 2 is 2.33 bits per heavy atom. The van der Waals surface area contributed by atoms with Gasteiger partial charge < -0.3 is 9.47 Å². The van der Waals surface area contributed by atoms with Crippen LogP contribution in [-0.2, 0) is 9.47 Å². The van der Waals surface area contributed by atoms with E-state index in [1.807, 2.05) is 6.92 Å². The molecular weight excluding hydrogens is 172 g/mol. The van der Waals surface area contributed by atoms with Gasteiger partial charge in [-0.2, -0.15) is 0 Å². The molecule has 0 bridgehead atoms. The third-order valence-corrected chi connectivity index (χ3v) is 2.30. The van der Waals surface area contributed by atoms with Crippen LogP contribution in [0.4, 0.5) is 0 Å². The van der Waals surface area contributed by atoms with Crippen LogP contribution in [0.5, 0.6) is 0 Å². The molecule has 70 valence electrons. The Morgan fingerprint density at radius 3 is 2.83 bits per heavy atom. The van der Waals surface area contributed by atoms with Crippen LogP contribution in [0.1, 0.15) is 33.1 Å². The predicted molar refractivity (Wildman–Crippen MR) is 52.4 cm³/mol. The second kappa shape index (κ2) is 4.77. The third kappa shape index (κ3) is 3.07. The molecule has 3 heteroatoms. The maximum absolute atomic E-state index is 5.61. The van der Waals surface area contributed by atoms with Crippen molar-refractivity contribution >= 4 is 17.3 Å². The minimum absolute atomic E-state index is 0.305. The average molecular weight is 188 g/mol. The van der Waals surface area contributed by atoms with Crippen LogP contribution in [0.15, 0.2) is 0 Å². The highest BCUT2D eigenvalue weighted by atomic mass is 32.1. The van der Waals surface area contributed by atoms with Gasteiger partial charge in [0.15, 0.2) is 5.05 Å². The standard InChI is InChI=1S/C9H16O2S/c1-3-10-9(12)6-8-5-4-7(2)11-8/h7-8H,3-6H2,1-2H3/t7-,8-/m0/s1. The topological polar surface area (TPSA) is 18.5 Å². The van der Waals surface area contributed by atoms with Crippen LogP contribution in [0.25, 0.3) is 0 Å². The summed E-state index contributed by atoms with van der Waals surface area (Å²) in [5.41, 5.74) is 0. The summed E-state index contributed by atoms with van der Waals surface area (Å²) < 4.78 is 10.8. The molecule has 0 spiro atoms. The average Bonchev–Trinajstić information content (AvgIpc) is 2.36. The van der Waals surface area contributed by atoms with E-state index in [0.29, 0.717) is 23.9 Å². The summed E-state index contributed by atoms with van der Waals surface area (Å²) in [6.07, 6.45) is 3.76. The van der Waals surface area contributed by atoms with Crippen molar-refractivity contribution in [1.82, 2.24) is 0 Å². The normalized spacial score (nSPS) is 28.8. The van der Waals surface area contributed by atoms with E-state index in [-0.39, 0.29) is 0 Å². The number of hydrogen-bond acceptors (Lipinski definition) is 3. The predicted octanol–water partition coefficient (Wildman–Crippen LogP) is 2.31. The van der Waals surface area contributed by atoms with Gasteiger partial charge in [0.05, 0.1) is 18.8 Å². The molecule has 0 amide bonds. The molecule has 1 heterocycles. The highest BCUT2D eigenvalue weighted by molar-refractivity contribution is 7.80. The Kier molecular flexibility index (Phi) is 3.95. The molecule has 1 aliphatic rings. The SMILES string of the molecule is CCOC(=S)C[C@@H]1CC[C@H](C)O1. The lowest BCUT2D eigenvalue weighted by Crippen LogP contribution is -2.14. The molecule has 0 aromatic rings. The van der Waals surface area contributed by atoms with Crippen LogP contribution in [-0.4, -0.2) is 23.9 Å². The van der Waals surface area contributed by atoms with Crippen LogP contribution < -0.4 is 0 Å². The van der Waals surface area contributed by atoms with Crippen LogP contribution >= 0.6 is 12.2 Å². The van der Waals surface area contributed by atoms with Gasteiger partial charge in [0.1, 0.15) is 0 Å². The van der Waals surface area contributed by atoms with E-state index in [4.69, 9.17) is 21.7 Å². The van der Waals surface area contributed by atoms with E-state index in [0.717, 1.165) is 19.3 Å². The lowest BCUT2D eigenvalue weighted by Gasteiger charge is -2.11. The van der Waals surface area contributed by atoms with Gasteiger partial charge >= 0.3 is 0 Å². The van der Waals surface area contributed by atoms with Gasteiger partial charge in [-0.15, -0.1) is 0 Å². The van der Waals surface area contributed by atoms with Crippen molar-refractivity contribution < 1.29 is 9.47 Å². The van der Waals surface area contributed by atoms with E-state index in [9.17, 15) is 0 Å². The molecule has 2 nitrogen and oxygen atoms in total. The van der Waals surface area contributed by atoms with Gasteiger partial charge in [-0.25, -0.2) is 0 Å². The van der Waals surface area contributed by atoms with Crippen molar-refractivity contribution in [3.63, 3.8) is 0 Å². The Labute approximate surface area is 79.2 Å². The van der Waals surface area contributed by atoms with Crippen molar-refractivity contribution in [3.05, 3.63) is 0 Å². The largest absolute Gasteiger partial charge is 0.487 e. The fraction of sp³-hybridized carbons (Fsp3) is 0.889. The molecule has 0 radical (unpaired) electrons. The van der Waals surface area contributed by atoms with Gasteiger partial charge in [-0.3, -0.25) is 0 Å². The molecule has 1 aliphatic heterocycles. The van der Waals surface area contributed by atoms with Crippen molar-refractivity contribution in [2.75, 3.05) is 6.61 Å². The second-order valence-electron chi connectivity index (χ2n) is 3.16. The second-order valence-corrected chi connectivity index (χ2v) is 3.61. The van der Waals surface area contributed by atoms with Gasteiger partial charge in [-0.05, 0) is 38.9 Å². The maximum atomic E-state index is 5.61. The molecule has 0 aromatic heterocycles. The fourth-order valence-corrected chi connectivity index (χ4v) is 1.74. The van der Waals surface area contributed by atoms with E-state index < -0.39 is 0 Å². The Morgan fingerprint density at radius 1 is 1.58 bits per heavy atom. The number of hydrogen-bond donors (Lipinski definition) is 0. The van der Waals surface area contributed by atoms with Crippen molar-refractivity contribution in [1.29, 1.82) is 0 Å². The first-order chi connectivity index (χ1) is 5.72. The van der Waals surface area contributed by atoms with Gasteiger partial charge in [0, 0.05) is 6.42 Å². The summed E-state index contributed by atoms with van der Waals surface area (Å²) in [6.45, 7) is 4.72. The zero-order valence-corrected chi connectivity index (χ0v) is 8.52. The summed E-state index contributed by atoms with van der Waals surface area (Å²) in [5, 5.41) is 0.691. The summed E-state index contributed by atoms with van der Waals surface area (Å²) >= 11 is 5.03. The Balaban J connectivity index is 2.18. The monoisotopic (exact) mass is 188 g/mol. The van der Waals surface area contributed by atoms with Gasteiger partial charge in [0.2, 0.25) is 0 Å². The minimum Gasteiger partial charge on any atom is -0.487 e. The summed E-state index contributed by atoms with van der Waals surface area (Å²) in [4.78, 5) is 0. The molecule has 1 fully saturated rings. The highest BCUT2D eigenvalue weighted by Gasteiger charge is 2.22. The summed E-state index contributed by atoms with van der Waals surface area (Å²) in [5.74, 6) is 0. The highest BCUT2D eigenvalue weighted by Crippen LogP contribution is 2.21. The van der Waals surface area contributed by atoms with E-state index in [1.54, 1.807) is 0 Å². The minimum atomic E-state index is 0.305. The molecule has 1 rings (SSSR count). The van der Waals surface area contributed by atoms with Crippen molar-refractivity contribution in [3.8, 4) is 0 Å². The Bertz CT molecular complexity index is 159. The molecule has 12 heavy (non-hydrogen) atoms. The molecule has 2 atom stereocenters. The third-order valence-electron chi connectivity index (χ3n) is 2.02. The maximum Gasteiger partial charge on any atom is 0.162 e. The van der Waals surface area contributed by atoms with E-state index in [1.165, 1.54) is 0 Å². The first-order valence-electron chi connectivity index (χ1n) is 4.53. The first-order valence-corrected chi connectivity index (χ1v) is 4.94. The summed E-state index contributed by atoms with van der Waals surface area (Å²) in [7, 11) is 0. The zero-order chi connectivity index (χ0) is 8.97. The number of rotatable bonds is 3. The molecule has 0 aliphatic carbocycles. The first kappa shape index (κ1) is 9.93. The summed E-state index contributed by atoms with van der Waals surface area (Å²) in [6, 6.07) is 0. The van der Waals surface area contributed by atoms with Crippen LogP contribution in [0.3, 0.4) is 0 Å². The molecule has 0 unspecified atom stereocenters. The lowest BCUT2D eigenvalue weighted by atomic mass is 10.2. The van der Waals surface area contributed by atoms with Crippen LogP contribution in [0.2, 0.25) is 0 Å². The molecule has 0 N–H and O–H groups in total. The van der Waals surface area contributed by atoms with E-state index >= 15 is 0 Å². The van der Waals surface area contributed by atoms with E-state index in [2.05, 4.69) is 6.92 Å². The smallest absolute Gasteiger partial charge is 0.162 e. The Hall–Kier alpha value is -0.150. The number of ether oxygens (including phenoxy) is 2. The quantitative estimate of drug-likeness (QED) is 0.633. The molecule has 0 saturated carbocycles.